The van der Waals surface area contributed by atoms with Gasteiger partial charge in [-0.05, 0) is 41.9 Å². The van der Waals surface area contributed by atoms with Gasteiger partial charge in [0.15, 0.2) is 5.44 Å². The quantitative estimate of drug-likeness (QED) is 0.783. The van der Waals surface area contributed by atoms with Gasteiger partial charge in [-0.2, -0.15) is 0 Å². The largest absolute Gasteiger partial charge is 0.379 e. The molecular weight excluding hydrogens is 281 g/mol. The van der Waals surface area contributed by atoms with Crippen LogP contribution in [-0.2, 0) is 13.6 Å². The average molecular weight is 294 g/mol. The Hall–Kier alpha value is -0.220. The highest BCUT2D eigenvalue weighted by atomic mass is 79.9. The Bertz CT molecular complexity index is 345. The molecule has 0 aliphatic carbocycles. The first-order valence-corrected chi connectivity index (χ1v) is 6.97. The summed E-state index contributed by atoms with van der Waals surface area (Å²) in [6.45, 7) is 4.19. The Morgan fingerprint density at radius 2 is 1.93 bits per heavy atom. The van der Waals surface area contributed by atoms with Crippen LogP contribution in [0.1, 0.15) is 13.8 Å². The summed E-state index contributed by atoms with van der Waals surface area (Å²) in [7, 11) is -3.22. The lowest BCUT2D eigenvalue weighted by Crippen LogP contribution is -2.13. The first-order chi connectivity index (χ1) is 7.12. The lowest BCUT2D eigenvalue weighted by atomic mass is 10.5. The third-order valence-electron chi connectivity index (χ3n) is 1.59. The maximum absolute atomic E-state index is 12.2. The molecule has 0 fully saturated rings. The van der Waals surface area contributed by atoms with Gasteiger partial charge in [-0.1, -0.05) is 0 Å². The van der Waals surface area contributed by atoms with Crippen molar-refractivity contribution in [3.63, 3.8) is 0 Å². The van der Waals surface area contributed by atoms with Gasteiger partial charge in [0.1, 0.15) is 0 Å². The molecule has 0 bridgehead atoms. The summed E-state index contributed by atoms with van der Waals surface area (Å²) in [4.78, 5) is 4.03. The van der Waals surface area contributed by atoms with E-state index in [0.717, 1.165) is 4.47 Å². The zero-order chi connectivity index (χ0) is 11.3. The first kappa shape index (κ1) is 12.8. The molecule has 0 aromatic carbocycles. The van der Waals surface area contributed by atoms with Crippen LogP contribution in [0.2, 0.25) is 0 Å². The van der Waals surface area contributed by atoms with E-state index in [2.05, 4.69) is 20.9 Å². The molecule has 1 aromatic rings. The normalized spacial score (nSPS) is 11.7. The topological polar surface area (TPSA) is 48.4 Å². The fourth-order valence-corrected chi connectivity index (χ4v) is 2.75. The Morgan fingerprint density at radius 1 is 1.33 bits per heavy atom. The summed E-state index contributed by atoms with van der Waals surface area (Å²) in [5.74, 6) is 0. The van der Waals surface area contributed by atoms with Crippen LogP contribution in [0, 0.1) is 0 Å². The molecule has 1 rings (SSSR count). The van der Waals surface area contributed by atoms with Crippen molar-refractivity contribution in [1.82, 2.24) is 4.98 Å². The monoisotopic (exact) mass is 293 g/mol. The van der Waals surface area contributed by atoms with Crippen LogP contribution < -0.4 is 5.44 Å². The van der Waals surface area contributed by atoms with Gasteiger partial charge in [0.2, 0.25) is 0 Å². The van der Waals surface area contributed by atoms with Gasteiger partial charge in [0.25, 0.3) is 0 Å². The second-order valence-electron chi connectivity index (χ2n) is 2.67. The standard InChI is InChI=1S/C9H13BrNO3P/c1-3-13-15(12,14-4-2)9-6-5-8(10)7-11-9/h5-7H,3-4H2,1-2H3. The minimum Gasteiger partial charge on any atom is -0.304 e. The first-order valence-electron chi connectivity index (χ1n) is 4.63. The molecular formula is C9H13BrNO3P. The van der Waals surface area contributed by atoms with Gasteiger partial charge in [-0.3, -0.25) is 4.57 Å². The van der Waals surface area contributed by atoms with Crippen molar-refractivity contribution in [2.45, 2.75) is 13.8 Å². The molecule has 84 valence electrons. The number of aromatic nitrogens is 1. The summed E-state index contributed by atoms with van der Waals surface area (Å²) in [6, 6.07) is 3.39. The molecule has 0 amide bonds. The Balaban J connectivity index is 2.98. The number of hydrogen-bond acceptors (Lipinski definition) is 4. The Kier molecular flexibility index (Phi) is 4.93. The zero-order valence-electron chi connectivity index (χ0n) is 8.64. The van der Waals surface area contributed by atoms with Crippen molar-refractivity contribution >= 4 is 29.0 Å². The summed E-state index contributed by atoms with van der Waals surface area (Å²) >= 11 is 3.26. The molecule has 0 saturated heterocycles. The lowest BCUT2D eigenvalue weighted by molar-refractivity contribution is 0.229. The van der Waals surface area contributed by atoms with E-state index in [4.69, 9.17) is 9.05 Å². The summed E-state index contributed by atoms with van der Waals surface area (Å²) < 4.78 is 23.3. The van der Waals surface area contributed by atoms with Crippen LogP contribution in [0.5, 0.6) is 0 Å². The number of pyridine rings is 1. The molecule has 0 N–H and O–H groups in total. The second-order valence-corrected chi connectivity index (χ2v) is 5.55. The molecule has 6 heteroatoms. The average Bonchev–Trinajstić information content (AvgIpc) is 2.19. The van der Waals surface area contributed by atoms with Crippen molar-refractivity contribution in [3.05, 3.63) is 22.8 Å². The van der Waals surface area contributed by atoms with E-state index in [1.807, 2.05) is 0 Å². The van der Waals surface area contributed by atoms with Crippen molar-refractivity contribution in [1.29, 1.82) is 0 Å². The predicted molar refractivity (Wildman–Crippen MR) is 62.4 cm³/mol. The predicted octanol–water partition coefficient (Wildman–Crippen LogP) is 2.74. The SMILES string of the molecule is CCOP(=O)(OCC)c1ccc(Br)cn1. The van der Waals surface area contributed by atoms with Gasteiger partial charge < -0.3 is 9.05 Å². The van der Waals surface area contributed by atoms with Gasteiger partial charge in [0.05, 0.1) is 13.2 Å². The van der Waals surface area contributed by atoms with Gasteiger partial charge in [0, 0.05) is 10.7 Å². The molecule has 0 radical (unpaired) electrons. The molecule has 0 unspecified atom stereocenters. The minimum absolute atomic E-state index is 0.328. The van der Waals surface area contributed by atoms with Crippen LogP contribution >= 0.6 is 23.5 Å². The Morgan fingerprint density at radius 3 is 2.33 bits per heavy atom. The van der Waals surface area contributed by atoms with E-state index in [1.165, 1.54) is 0 Å². The van der Waals surface area contributed by atoms with E-state index >= 15 is 0 Å². The smallest absolute Gasteiger partial charge is 0.304 e. The highest BCUT2D eigenvalue weighted by Crippen LogP contribution is 2.45. The van der Waals surface area contributed by atoms with E-state index < -0.39 is 7.60 Å². The fraction of sp³-hybridized carbons (Fsp3) is 0.444. The molecule has 1 aromatic heterocycles. The molecule has 4 nitrogen and oxygen atoms in total. The van der Waals surface area contributed by atoms with Crippen LogP contribution in [0.25, 0.3) is 0 Å². The summed E-state index contributed by atoms with van der Waals surface area (Å²) in [5, 5.41) is 0. The fourth-order valence-electron chi connectivity index (χ4n) is 1.04. The summed E-state index contributed by atoms with van der Waals surface area (Å²) in [6.07, 6.45) is 1.57. The van der Waals surface area contributed by atoms with E-state index in [0.29, 0.717) is 18.6 Å². The van der Waals surface area contributed by atoms with Crippen LogP contribution in [-0.4, -0.2) is 18.2 Å². The third kappa shape index (κ3) is 3.38. The van der Waals surface area contributed by atoms with Crippen molar-refractivity contribution < 1.29 is 13.6 Å². The van der Waals surface area contributed by atoms with Crippen molar-refractivity contribution in [2.24, 2.45) is 0 Å². The number of rotatable bonds is 5. The van der Waals surface area contributed by atoms with Gasteiger partial charge >= 0.3 is 7.60 Å². The van der Waals surface area contributed by atoms with Crippen LogP contribution in [0.15, 0.2) is 22.8 Å². The van der Waals surface area contributed by atoms with E-state index in [1.54, 1.807) is 32.2 Å². The van der Waals surface area contributed by atoms with Crippen LogP contribution in [0.4, 0.5) is 0 Å². The van der Waals surface area contributed by atoms with E-state index in [-0.39, 0.29) is 0 Å². The lowest BCUT2D eigenvalue weighted by Gasteiger charge is -2.15. The van der Waals surface area contributed by atoms with Gasteiger partial charge in [-0.25, -0.2) is 4.98 Å². The van der Waals surface area contributed by atoms with Crippen molar-refractivity contribution in [3.8, 4) is 0 Å². The molecule has 15 heavy (non-hydrogen) atoms. The molecule has 0 aliphatic rings. The molecule has 0 saturated carbocycles. The molecule has 1 heterocycles. The molecule has 0 aliphatic heterocycles. The number of nitrogens with zero attached hydrogens (tertiary/aromatic N) is 1. The second kappa shape index (κ2) is 5.75. The highest BCUT2D eigenvalue weighted by Gasteiger charge is 2.27. The zero-order valence-corrected chi connectivity index (χ0v) is 11.1. The highest BCUT2D eigenvalue weighted by molar-refractivity contribution is 9.10. The van der Waals surface area contributed by atoms with Gasteiger partial charge in [-0.15, -0.1) is 0 Å². The molecule has 0 atom stereocenters. The minimum atomic E-state index is -3.22. The number of hydrogen-bond donors (Lipinski definition) is 0. The van der Waals surface area contributed by atoms with E-state index in [9.17, 15) is 4.57 Å². The number of halogens is 1. The molecule has 0 spiro atoms. The Labute approximate surface area is 97.7 Å². The summed E-state index contributed by atoms with van der Waals surface area (Å²) in [5.41, 5.74) is 0.342. The van der Waals surface area contributed by atoms with Crippen LogP contribution in [0.3, 0.4) is 0 Å². The third-order valence-corrected chi connectivity index (χ3v) is 4.08. The maximum Gasteiger partial charge on any atom is 0.379 e. The maximum atomic E-state index is 12.2. The van der Waals surface area contributed by atoms with Crippen molar-refractivity contribution in [2.75, 3.05) is 13.2 Å².